The zero-order valence-electron chi connectivity index (χ0n) is 20.4. The van der Waals surface area contributed by atoms with E-state index in [1.54, 1.807) is 23.6 Å². The van der Waals surface area contributed by atoms with E-state index in [1.807, 2.05) is 36.3 Å². The number of carbonyl (C=O) groups is 3. The monoisotopic (exact) mass is 468 g/mol. The Kier molecular flexibility index (Phi) is 7.50. The van der Waals surface area contributed by atoms with Crippen molar-refractivity contribution in [2.24, 2.45) is 13.0 Å². The maximum Gasteiger partial charge on any atom is 0.253 e. The lowest BCUT2D eigenvalue weighted by molar-refractivity contribution is -0.140. The molecule has 2 N–H and O–H groups in total. The van der Waals surface area contributed by atoms with Crippen LogP contribution in [0.2, 0.25) is 0 Å². The molecule has 9 nitrogen and oxygen atoms in total. The van der Waals surface area contributed by atoms with Crippen molar-refractivity contribution < 1.29 is 14.4 Å². The number of aryl methyl sites for hydroxylation is 1. The minimum absolute atomic E-state index is 0.0209. The Morgan fingerprint density at radius 1 is 1.03 bits per heavy atom. The van der Waals surface area contributed by atoms with Crippen molar-refractivity contribution in [2.75, 3.05) is 33.2 Å². The molecule has 1 aromatic carbocycles. The minimum Gasteiger partial charge on any atom is -0.343 e. The largest absolute Gasteiger partial charge is 0.343 e. The highest BCUT2D eigenvalue weighted by atomic mass is 16.2. The zero-order chi connectivity index (χ0) is 24.2. The lowest BCUT2D eigenvalue weighted by Crippen LogP contribution is -2.59. The molecule has 0 radical (unpaired) electrons. The third-order valence-corrected chi connectivity index (χ3v) is 7.26. The molecule has 1 aliphatic carbocycles. The van der Waals surface area contributed by atoms with Gasteiger partial charge in [-0.1, -0.05) is 19.3 Å². The molecule has 1 aromatic heterocycles. The Morgan fingerprint density at radius 2 is 1.71 bits per heavy atom. The van der Waals surface area contributed by atoms with Crippen LogP contribution in [-0.4, -0.2) is 82.6 Å². The lowest BCUT2D eigenvalue weighted by atomic mass is 9.83. The van der Waals surface area contributed by atoms with E-state index in [1.165, 1.54) is 6.42 Å². The van der Waals surface area contributed by atoms with Gasteiger partial charge in [0.1, 0.15) is 6.04 Å². The van der Waals surface area contributed by atoms with Gasteiger partial charge in [-0.05, 0) is 50.9 Å². The summed E-state index contributed by atoms with van der Waals surface area (Å²) in [6.45, 7) is 3.70. The summed E-state index contributed by atoms with van der Waals surface area (Å²) in [5.74, 6) is -0.0311. The van der Waals surface area contributed by atoms with Crippen LogP contribution in [-0.2, 0) is 16.6 Å². The summed E-state index contributed by atoms with van der Waals surface area (Å²) in [5.41, 5.74) is 1.49. The molecule has 2 fully saturated rings. The van der Waals surface area contributed by atoms with Crippen LogP contribution in [0, 0.1) is 5.92 Å². The van der Waals surface area contributed by atoms with Gasteiger partial charge in [0.25, 0.3) is 5.91 Å². The van der Waals surface area contributed by atoms with Gasteiger partial charge in [0.2, 0.25) is 11.8 Å². The summed E-state index contributed by atoms with van der Waals surface area (Å²) < 4.78 is 1.74. The first kappa shape index (κ1) is 24.2. The number of nitrogens with zero attached hydrogens (tertiary/aromatic N) is 4. The molecule has 3 amide bonds. The highest BCUT2D eigenvalue weighted by Crippen LogP contribution is 2.28. The molecule has 34 heavy (non-hydrogen) atoms. The van der Waals surface area contributed by atoms with Gasteiger partial charge in [0.05, 0.1) is 11.6 Å². The molecule has 1 saturated heterocycles. The second kappa shape index (κ2) is 10.5. The van der Waals surface area contributed by atoms with Crippen molar-refractivity contribution in [3.05, 3.63) is 30.0 Å². The van der Waals surface area contributed by atoms with Gasteiger partial charge in [0, 0.05) is 50.4 Å². The summed E-state index contributed by atoms with van der Waals surface area (Å²) in [4.78, 5) is 42.8. The fraction of sp³-hybridized carbons (Fsp3) is 0.600. The number of hydrogen-bond acceptors (Lipinski definition) is 5. The summed E-state index contributed by atoms with van der Waals surface area (Å²) in [6, 6.07) is 4.70. The van der Waals surface area contributed by atoms with Crippen LogP contribution < -0.4 is 10.6 Å². The fourth-order valence-corrected chi connectivity index (χ4v) is 5.05. The second-order valence-corrected chi connectivity index (χ2v) is 9.59. The highest BCUT2D eigenvalue weighted by Gasteiger charge is 2.36. The average molecular weight is 469 g/mol. The summed E-state index contributed by atoms with van der Waals surface area (Å²) in [7, 11) is 3.60. The van der Waals surface area contributed by atoms with Crippen LogP contribution >= 0.6 is 0 Å². The van der Waals surface area contributed by atoms with Gasteiger partial charge in [-0.25, -0.2) is 0 Å². The molecule has 2 heterocycles. The maximum absolute atomic E-state index is 13.5. The summed E-state index contributed by atoms with van der Waals surface area (Å²) in [6.07, 6.45) is 7.19. The smallest absolute Gasteiger partial charge is 0.253 e. The van der Waals surface area contributed by atoms with Crippen molar-refractivity contribution in [3.8, 4) is 0 Å². The Labute approximate surface area is 200 Å². The van der Waals surface area contributed by atoms with Crippen LogP contribution in [0.1, 0.15) is 49.4 Å². The third kappa shape index (κ3) is 5.24. The maximum atomic E-state index is 13.5. The number of carbonyl (C=O) groups excluding carboxylic acids is 3. The fourth-order valence-electron chi connectivity index (χ4n) is 5.05. The van der Waals surface area contributed by atoms with Crippen LogP contribution in [0.25, 0.3) is 10.9 Å². The molecule has 0 bridgehead atoms. The van der Waals surface area contributed by atoms with Crippen molar-refractivity contribution in [3.63, 3.8) is 0 Å². The number of piperazine rings is 1. The molecular weight excluding hydrogens is 432 g/mol. The summed E-state index contributed by atoms with van der Waals surface area (Å²) in [5, 5.41) is 11.3. The molecule has 0 spiro atoms. The van der Waals surface area contributed by atoms with Gasteiger partial charge >= 0.3 is 0 Å². The van der Waals surface area contributed by atoms with E-state index < -0.39 is 6.04 Å². The Hall–Kier alpha value is -2.94. The van der Waals surface area contributed by atoms with Crippen LogP contribution in [0.15, 0.2) is 24.4 Å². The molecule has 2 unspecified atom stereocenters. The quantitative estimate of drug-likeness (QED) is 0.670. The van der Waals surface area contributed by atoms with Gasteiger partial charge in [-0.2, -0.15) is 5.10 Å². The number of benzene rings is 1. The number of likely N-dealkylation sites (N-methyl/N-ethyl adjacent to an activating group) is 1. The van der Waals surface area contributed by atoms with Crippen LogP contribution in [0.4, 0.5) is 0 Å². The molecule has 1 aliphatic heterocycles. The molecule has 2 aliphatic rings. The molecule has 184 valence electrons. The molecular formula is C25H36N6O3. The normalized spacial score (nSPS) is 19.1. The molecule has 4 rings (SSSR count). The molecule has 2 atom stereocenters. The van der Waals surface area contributed by atoms with Crippen molar-refractivity contribution in [2.45, 2.75) is 51.1 Å². The van der Waals surface area contributed by atoms with E-state index in [4.69, 9.17) is 0 Å². The summed E-state index contributed by atoms with van der Waals surface area (Å²) >= 11 is 0. The topological polar surface area (TPSA) is 99.6 Å². The number of aromatic nitrogens is 2. The standard InChI is InChI=1S/C25H36N6O3/c1-17(26-2)23(32)27-22(18-7-5-4-6-8-18)25(34)31-13-11-30(12-14-31)24(33)19-9-10-21-20(15-19)16-29(3)28-21/h9-10,15-18,22,26H,4-8,11-14H2,1-3H3,(H,27,32). The highest BCUT2D eigenvalue weighted by molar-refractivity contribution is 5.98. The van der Waals surface area contributed by atoms with Gasteiger partial charge in [0.15, 0.2) is 0 Å². The van der Waals surface area contributed by atoms with E-state index in [0.717, 1.165) is 36.6 Å². The first-order chi connectivity index (χ1) is 16.4. The first-order valence-corrected chi connectivity index (χ1v) is 12.4. The first-order valence-electron chi connectivity index (χ1n) is 12.4. The average Bonchev–Trinajstić information content (AvgIpc) is 3.25. The number of amides is 3. The predicted octanol–water partition coefficient (Wildman–Crippen LogP) is 1.53. The molecule has 9 heteroatoms. The van der Waals surface area contributed by atoms with E-state index in [-0.39, 0.29) is 29.7 Å². The minimum atomic E-state index is -0.501. The molecule has 2 aromatic rings. The Bertz CT molecular complexity index is 1040. The molecule has 1 saturated carbocycles. The van der Waals surface area contributed by atoms with E-state index in [2.05, 4.69) is 15.7 Å². The second-order valence-electron chi connectivity index (χ2n) is 9.59. The Balaban J connectivity index is 1.40. The third-order valence-electron chi connectivity index (χ3n) is 7.26. The van der Waals surface area contributed by atoms with Gasteiger partial charge < -0.3 is 20.4 Å². The SMILES string of the molecule is CNC(C)C(=O)NC(C(=O)N1CCN(C(=O)c2ccc3nn(C)cc3c2)CC1)C1CCCCC1. The van der Waals surface area contributed by atoms with Gasteiger partial charge in [-0.3, -0.25) is 19.1 Å². The van der Waals surface area contributed by atoms with E-state index in [9.17, 15) is 14.4 Å². The number of hydrogen-bond donors (Lipinski definition) is 2. The van der Waals surface area contributed by atoms with Gasteiger partial charge in [-0.15, -0.1) is 0 Å². The van der Waals surface area contributed by atoms with Crippen molar-refractivity contribution in [1.82, 2.24) is 30.2 Å². The van der Waals surface area contributed by atoms with Crippen molar-refractivity contribution in [1.29, 1.82) is 0 Å². The number of nitrogens with one attached hydrogen (secondary N) is 2. The predicted molar refractivity (Wildman–Crippen MR) is 130 cm³/mol. The number of fused-ring (bicyclic) bond motifs is 1. The lowest BCUT2D eigenvalue weighted by Gasteiger charge is -2.39. The Morgan fingerprint density at radius 3 is 2.38 bits per heavy atom. The van der Waals surface area contributed by atoms with Crippen LogP contribution in [0.3, 0.4) is 0 Å². The number of rotatable bonds is 6. The van der Waals surface area contributed by atoms with Crippen LogP contribution in [0.5, 0.6) is 0 Å². The zero-order valence-corrected chi connectivity index (χ0v) is 20.4. The van der Waals surface area contributed by atoms with E-state index in [0.29, 0.717) is 31.7 Å². The van der Waals surface area contributed by atoms with E-state index >= 15 is 0 Å². The van der Waals surface area contributed by atoms with Crippen molar-refractivity contribution >= 4 is 28.6 Å².